The van der Waals surface area contributed by atoms with Crippen molar-refractivity contribution in [1.82, 2.24) is 9.29 Å². The van der Waals surface area contributed by atoms with E-state index in [1.165, 1.54) is 0 Å². The molecule has 2 aliphatic rings. The van der Waals surface area contributed by atoms with Gasteiger partial charge in [0.2, 0.25) is 10.0 Å². The lowest BCUT2D eigenvalue weighted by Crippen LogP contribution is -2.45. The summed E-state index contributed by atoms with van der Waals surface area (Å²) < 4.78 is 25.6. The van der Waals surface area contributed by atoms with Crippen molar-refractivity contribution in [2.24, 2.45) is 0 Å². The fourth-order valence-electron chi connectivity index (χ4n) is 3.16. The van der Waals surface area contributed by atoms with Gasteiger partial charge in [-0.25, -0.2) is 13.4 Å². The molecule has 2 aliphatic heterocycles. The first-order valence-electron chi connectivity index (χ1n) is 7.24. The maximum absolute atomic E-state index is 12.0. The Kier molecular flexibility index (Phi) is 3.69. The molecule has 5 nitrogen and oxygen atoms in total. The highest BCUT2D eigenvalue weighted by atomic mass is 32.2. The fourth-order valence-corrected chi connectivity index (χ4v) is 4.96. The van der Waals surface area contributed by atoms with Crippen LogP contribution in [-0.4, -0.2) is 49.1 Å². The van der Waals surface area contributed by atoms with Gasteiger partial charge in [-0.15, -0.1) is 0 Å². The van der Waals surface area contributed by atoms with Gasteiger partial charge in [-0.3, -0.25) is 0 Å². The molecule has 2 saturated heterocycles. The molecule has 110 valence electrons. The SMILES string of the molecule is Cc1cccc(N2CCC(N3CCCS3(=O)=O)CC2)n1. The highest BCUT2D eigenvalue weighted by Gasteiger charge is 2.36. The second-order valence-corrected chi connectivity index (χ2v) is 7.68. The van der Waals surface area contributed by atoms with Gasteiger partial charge in [-0.05, 0) is 38.3 Å². The molecule has 3 rings (SSSR count). The molecule has 0 amide bonds. The molecule has 6 heteroatoms. The van der Waals surface area contributed by atoms with Gasteiger partial charge >= 0.3 is 0 Å². The normalized spacial score (nSPS) is 24.1. The Morgan fingerprint density at radius 1 is 1.20 bits per heavy atom. The predicted octanol–water partition coefficient (Wildman–Crippen LogP) is 1.39. The summed E-state index contributed by atoms with van der Waals surface area (Å²) in [5.74, 6) is 1.33. The lowest BCUT2D eigenvalue weighted by molar-refractivity contribution is 0.290. The molecule has 0 aromatic carbocycles. The Morgan fingerprint density at radius 2 is 1.95 bits per heavy atom. The van der Waals surface area contributed by atoms with E-state index in [1.54, 1.807) is 4.31 Å². The van der Waals surface area contributed by atoms with E-state index in [2.05, 4.69) is 9.88 Å². The Hall–Kier alpha value is -1.14. The summed E-state index contributed by atoms with van der Waals surface area (Å²) in [6.07, 6.45) is 2.58. The Bertz CT molecular complexity index is 580. The minimum atomic E-state index is -2.98. The monoisotopic (exact) mass is 295 g/mol. The molecule has 20 heavy (non-hydrogen) atoms. The first-order chi connectivity index (χ1) is 9.56. The largest absolute Gasteiger partial charge is 0.356 e. The van der Waals surface area contributed by atoms with Crippen LogP contribution >= 0.6 is 0 Å². The molecule has 0 bridgehead atoms. The van der Waals surface area contributed by atoms with Crippen LogP contribution in [0.4, 0.5) is 5.82 Å². The second kappa shape index (κ2) is 5.33. The van der Waals surface area contributed by atoms with E-state index in [0.29, 0.717) is 12.3 Å². The van der Waals surface area contributed by atoms with Gasteiger partial charge in [0.1, 0.15) is 5.82 Å². The molecule has 2 fully saturated rings. The number of rotatable bonds is 2. The van der Waals surface area contributed by atoms with Crippen molar-refractivity contribution in [2.75, 3.05) is 30.3 Å². The maximum atomic E-state index is 12.0. The van der Waals surface area contributed by atoms with Crippen molar-refractivity contribution >= 4 is 15.8 Å². The van der Waals surface area contributed by atoms with Crippen LogP contribution < -0.4 is 4.90 Å². The second-order valence-electron chi connectivity index (χ2n) is 5.64. The number of hydrogen-bond donors (Lipinski definition) is 0. The van der Waals surface area contributed by atoms with Crippen molar-refractivity contribution in [2.45, 2.75) is 32.2 Å². The van der Waals surface area contributed by atoms with Gasteiger partial charge in [0.05, 0.1) is 5.75 Å². The van der Waals surface area contributed by atoms with Crippen molar-refractivity contribution in [3.05, 3.63) is 23.9 Å². The van der Waals surface area contributed by atoms with Crippen LogP contribution in [0.5, 0.6) is 0 Å². The van der Waals surface area contributed by atoms with E-state index < -0.39 is 10.0 Å². The van der Waals surface area contributed by atoms with Gasteiger partial charge in [0.15, 0.2) is 0 Å². The number of hydrogen-bond acceptors (Lipinski definition) is 4. The number of sulfonamides is 1. The fraction of sp³-hybridized carbons (Fsp3) is 0.643. The van der Waals surface area contributed by atoms with Gasteiger partial charge < -0.3 is 4.90 Å². The zero-order valence-electron chi connectivity index (χ0n) is 11.8. The summed E-state index contributed by atoms with van der Waals surface area (Å²) >= 11 is 0. The summed E-state index contributed by atoms with van der Waals surface area (Å²) in [7, 11) is -2.98. The quantitative estimate of drug-likeness (QED) is 0.827. The summed E-state index contributed by atoms with van der Waals surface area (Å²) in [5, 5.41) is 0. The standard InChI is InChI=1S/C14H21N3O2S/c1-12-4-2-5-14(15-12)16-9-6-13(7-10-16)17-8-3-11-20(17,18)19/h2,4-5,13H,3,6-11H2,1H3. The first-order valence-corrected chi connectivity index (χ1v) is 8.85. The van der Waals surface area contributed by atoms with Gasteiger partial charge in [0, 0.05) is 31.4 Å². The molecule has 0 unspecified atom stereocenters. The topological polar surface area (TPSA) is 53.5 Å². The Balaban J connectivity index is 1.65. The lowest BCUT2D eigenvalue weighted by atomic mass is 10.0. The molecule has 1 aromatic heterocycles. The third-order valence-corrected chi connectivity index (χ3v) is 6.21. The van der Waals surface area contributed by atoms with E-state index in [9.17, 15) is 8.42 Å². The highest BCUT2D eigenvalue weighted by molar-refractivity contribution is 7.89. The summed E-state index contributed by atoms with van der Waals surface area (Å²) in [6, 6.07) is 6.23. The van der Waals surface area contributed by atoms with Crippen molar-refractivity contribution in [3.8, 4) is 0 Å². The van der Waals surface area contributed by atoms with Crippen LogP contribution in [0.15, 0.2) is 18.2 Å². The van der Waals surface area contributed by atoms with Crippen LogP contribution in [-0.2, 0) is 10.0 Å². The first kappa shape index (κ1) is 13.8. The summed E-state index contributed by atoms with van der Waals surface area (Å²) in [5.41, 5.74) is 1.02. The minimum Gasteiger partial charge on any atom is -0.356 e. The summed E-state index contributed by atoms with van der Waals surface area (Å²) in [6.45, 7) is 4.46. The molecule has 0 spiro atoms. The molecule has 0 atom stereocenters. The Morgan fingerprint density at radius 3 is 2.55 bits per heavy atom. The zero-order valence-corrected chi connectivity index (χ0v) is 12.6. The van der Waals surface area contributed by atoms with Crippen molar-refractivity contribution in [3.63, 3.8) is 0 Å². The van der Waals surface area contributed by atoms with Crippen LogP contribution in [0.3, 0.4) is 0 Å². The van der Waals surface area contributed by atoms with E-state index in [-0.39, 0.29) is 6.04 Å². The van der Waals surface area contributed by atoms with Gasteiger partial charge in [-0.1, -0.05) is 6.07 Å². The third-order valence-electron chi connectivity index (χ3n) is 4.21. The third kappa shape index (κ3) is 2.67. The molecule has 1 aromatic rings. The van der Waals surface area contributed by atoms with Crippen LogP contribution in [0.2, 0.25) is 0 Å². The maximum Gasteiger partial charge on any atom is 0.214 e. The van der Waals surface area contributed by atoms with E-state index in [1.807, 2.05) is 25.1 Å². The average molecular weight is 295 g/mol. The van der Waals surface area contributed by atoms with E-state index in [0.717, 1.165) is 43.9 Å². The number of aryl methyl sites for hydroxylation is 1. The molecular formula is C14H21N3O2S. The lowest BCUT2D eigenvalue weighted by Gasteiger charge is -2.36. The van der Waals surface area contributed by atoms with Crippen LogP contribution in [0.25, 0.3) is 0 Å². The number of nitrogens with zero attached hydrogens (tertiary/aromatic N) is 3. The summed E-state index contributed by atoms with van der Waals surface area (Å²) in [4.78, 5) is 6.80. The predicted molar refractivity (Wildman–Crippen MR) is 79.3 cm³/mol. The molecule has 0 N–H and O–H groups in total. The number of anilines is 1. The number of pyridine rings is 1. The van der Waals surface area contributed by atoms with Crippen molar-refractivity contribution in [1.29, 1.82) is 0 Å². The minimum absolute atomic E-state index is 0.184. The van der Waals surface area contributed by atoms with Crippen LogP contribution in [0.1, 0.15) is 25.0 Å². The zero-order chi connectivity index (χ0) is 14.2. The molecule has 0 radical (unpaired) electrons. The number of aromatic nitrogens is 1. The highest BCUT2D eigenvalue weighted by Crippen LogP contribution is 2.26. The van der Waals surface area contributed by atoms with Gasteiger partial charge in [-0.2, -0.15) is 4.31 Å². The molecular weight excluding hydrogens is 274 g/mol. The molecule has 0 saturated carbocycles. The smallest absolute Gasteiger partial charge is 0.214 e. The molecule has 3 heterocycles. The molecule has 0 aliphatic carbocycles. The van der Waals surface area contributed by atoms with E-state index >= 15 is 0 Å². The van der Waals surface area contributed by atoms with E-state index in [4.69, 9.17) is 0 Å². The average Bonchev–Trinajstić information content (AvgIpc) is 2.79. The van der Waals surface area contributed by atoms with Crippen LogP contribution in [0, 0.1) is 6.92 Å². The van der Waals surface area contributed by atoms with Crippen molar-refractivity contribution < 1.29 is 8.42 Å². The number of piperidine rings is 1. The Labute approximate surface area is 120 Å². The van der Waals surface area contributed by atoms with Gasteiger partial charge in [0.25, 0.3) is 0 Å².